The SMILES string of the molecule is CC(C)C(CC(=O)O)Nc1cnccc1C#N. The minimum absolute atomic E-state index is 0.0113. The van der Waals surface area contributed by atoms with Crippen LogP contribution in [0.3, 0.4) is 0 Å². The summed E-state index contributed by atoms with van der Waals surface area (Å²) in [5.74, 6) is -0.712. The van der Waals surface area contributed by atoms with Crippen LogP contribution in [0, 0.1) is 17.2 Å². The highest BCUT2D eigenvalue weighted by Gasteiger charge is 2.18. The van der Waals surface area contributed by atoms with Crippen molar-refractivity contribution >= 4 is 11.7 Å². The topological polar surface area (TPSA) is 86.0 Å². The Morgan fingerprint density at radius 2 is 2.35 bits per heavy atom. The van der Waals surface area contributed by atoms with Gasteiger partial charge in [-0.3, -0.25) is 9.78 Å². The number of aliphatic carboxylic acids is 1. The molecule has 0 bridgehead atoms. The summed E-state index contributed by atoms with van der Waals surface area (Å²) in [6.45, 7) is 3.87. The molecule has 1 aromatic rings. The zero-order valence-corrected chi connectivity index (χ0v) is 9.84. The summed E-state index contributed by atoms with van der Waals surface area (Å²) in [5, 5.41) is 20.8. The van der Waals surface area contributed by atoms with E-state index in [1.165, 1.54) is 12.4 Å². The Morgan fingerprint density at radius 3 is 2.88 bits per heavy atom. The molecule has 17 heavy (non-hydrogen) atoms. The van der Waals surface area contributed by atoms with E-state index in [9.17, 15) is 4.79 Å². The summed E-state index contributed by atoms with van der Waals surface area (Å²) in [4.78, 5) is 14.7. The minimum atomic E-state index is -0.862. The minimum Gasteiger partial charge on any atom is -0.481 e. The third-order valence-corrected chi connectivity index (χ3v) is 2.48. The molecule has 5 heteroatoms. The molecular weight excluding hydrogens is 218 g/mol. The van der Waals surface area contributed by atoms with Crippen molar-refractivity contribution < 1.29 is 9.90 Å². The predicted molar refractivity (Wildman–Crippen MR) is 63.5 cm³/mol. The quantitative estimate of drug-likeness (QED) is 0.810. The van der Waals surface area contributed by atoms with Gasteiger partial charge >= 0.3 is 5.97 Å². The Labute approximate surface area is 100 Å². The number of anilines is 1. The third kappa shape index (κ3) is 3.76. The second-order valence-electron chi connectivity index (χ2n) is 4.13. The van der Waals surface area contributed by atoms with Crippen LogP contribution in [-0.4, -0.2) is 22.1 Å². The summed E-state index contributed by atoms with van der Waals surface area (Å²) >= 11 is 0. The molecule has 0 aliphatic heterocycles. The highest BCUT2D eigenvalue weighted by atomic mass is 16.4. The van der Waals surface area contributed by atoms with Crippen LogP contribution in [0.5, 0.6) is 0 Å². The molecule has 1 heterocycles. The Kier molecular flexibility index (Phi) is 4.46. The lowest BCUT2D eigenvalue weighted by molar-refractivity contribution is -0.137. The molecule has 0 radical (unpaired) electrons. The molecular formula is C12H15N3O2. The van der Waals surface area contributed by atoms with Crippen LogP contribution in [0.4, 0.5) is 5.69 Å². The van der Waals surface area contributed by atoms with E-state index in [-0.39, 0.29) is 18.4 Å². The first kappa shape index (κ1) is 13.0. The molecule has 5 nitrogen and oxygen atoms in total. The molecule has 0 amide bonds. The monoisotopic (exact) mass is 233 g/mol. The second kappa shape index (κ2) is 5.85. The first-order valence-corrected chi connectivity index (χ1v) is 5.37. The van der Waals surface area contributed by atoms with E-state index in [0.29, 0.717) is 11.3 Å². The van der Waals surface area contributed by atoms with Gasteiger partial charge in [-0.15, -0.1) is 0 Å². The molecule has 0 spiro atoms. The standard InChI is InChI=1S/C12H15N3O2/c1-8(2)10(5-12(16)17)15-11-7-14-4-3-9(11)6-13/h3-4,7-8,10,15H,5H2,1-2H3,(H,16,17). The zero-order valence-electron chi connectivity index (χ0n) is 9.84. The molecule has 0 saturated carbocycles. The van der Waals surface area contributed by atoms with Crippen LogP contribution in [0.1, 0.15) is 25.8 Å². The van der Waals surface area contributed by atoms with Gasteiger partial charge in [-0.2, -0.15) is 5.26 Å². The fraction of sp³-hybridized carbons (Fsp3) is 0.417. The molecule has 1 unspecified atom stereocenters. The van der Waals surface area contributed by atoms with Gasteiger partial charge in [0.2, 0.25) is 0 Å². The molecule has 2 N–H and O–H groups in total. The van der Waals surface area contributed by atoms with Gasteiger partial charge in [0.1, 0.15) is 6.07 Å². The van der Waals surface area contributed by atoms with Crippen molar-refractivity contribution in [3.63, 3.8) is 0 Å². The van der Waals surface area contributed by atoms with Gasteiger partial charge in [0.25, 0.3) is 0 Å². The lowest BCUT2D eigenvalue weighted by Crippen LogP contribution is -2.29. The number of carbonyl (C=O) groups is 1. The van der Waals surface area contributed by atoms with Gasteiger partial charge in [-0.25, -0.2) is 0 Å². The summed E-state index contributed by atoms with van der Waals surface area (Å²) in [6.07, 6.45) is 3.08. The summed E-state index contributed by atoms with van der Waals surface area (Å²) in [5.41, 5.74) is 1.05. The lowest BCUT2D eigenvalue weighted by Gasteiger charge is -2.22. The molecule has 0 saturated heterocycles. The van der Waals surface area contributed by atoms with E-state index in [4.69, 9.17) is 10.4 Å². The Balaban J connectivity index is 2.86. The van der Waals surface area contributed by atoms with E-state index < -0.39 is 5.97 Å². The van der Waals surface area contributed by atoms with E-state index in [1.54, 1.807) is 6.07 Å². The van der Waals surface area contributed by atoms with Gasteiger partial charge in [-0.05, 0) is 12.0 Å². The number of rotatable bonds is 5. The van der Waals surface area contributed by atoms with E-state index in [0.717, 1.165) is 0 Å². The smallest absolute Gasteiger partial charge is 0.305 e. The van der Waals surface area contributed by atoms with Gasteiger partial charge in [0.05, 0.1) is 23.9 Å². The number of aromatic nitrogens is 1. The Morgan fingerprint density at radius 1 is 1.65 bits per heavy atom. The number of nitriles is 1. The van der Waals surface area contributed by atoms with E-state index >= 15 is 0 Å². The summed E-state index contributed by atoms with van der Waals surface area (Å²) in [7, 11) is 0. The first-order valence-electron chi connectivity index (χ1n) is 5.37. The van der Waals surface area contributed by atoms with Crippen LogP contribution in [0.25, 0.3) is 0 Å². The molecule has 1 atom stereocenters. The number of hydrogen-bond acceptors (Lipinski definition) is 4. The molecule has 0 aromatic carbocycles. The van der Waals surface area contributed by atoms with Crippen molar-refractivity contribution in [1.29, 1.82) is 5.26 Å². The fourth-order valence-electron chi connectivity index (χ4n) is 1.45. The molecule has 1 rings (SSSR count). The van der Waals surface area contributed by atoms with Crippen molar-refractivity contribution in [2.45, 2.75) is 26.3 Å². The maximum absolute atomic E-state index is 10.7. The molecule has 0 fully saturated rings. The average molecular weight is 233 g/mol. The number of pyridine rings is 1. The zero-order chi connectivity index (χ0) is 12.8. The summed E-state index contributed by atoms with van der Waals surface area (Å²) in [6, 6.07) is 3.42. The number of hydrogen-bond donors (Lipinski definition) is 2. The Hall–Kier alpha value is -2.09. The van der Waals surface area contributed by atoms with Crippen molar-refractivity contribution in [3.05, 3.63) is 24.0 Å². The van der Waals surface area contributed by atoms with Crippen LogP contribution in [-0.2, 0) is 4.79 Å². The number of nitrogens with one attached hydrogen (secondary N) is 1. The van der Waals surface area contributed by atoms with E-state index in [2.05, 4.69) is 10.3 Å². The van der Waals surface area contributed by atoms with Crippen LogP contribution in [0.15, 0.2) is 18.5 Å². The first-order chi connectivity index (χ1) is 8.04. The molecule has 0 aliphatic carbocycles. The van der Waals surface area contributed by atoms with Crippen molar-refractivity contribution in [3.8, 4) is 6.07 Å². The van der Waals surface area contributed by atoms with Crippen LogP contribution < -0.4 is 5.32 Å². The molecule has 0 aliphatic rings. The van der Waals surface area contributed by atoms with Gasteiger partial charge in [0.15, 0.2) is 0 Å². The maximum Gasteiger partial charge on any atom is 0.305 e. The van der Waals surface area contributed by atoms with Gasteiger partial charge < -0.3 is 10.4 Å². The average Bonchev–Trinajstić information content (AvgIpc) is 2.28. The largest absolute Gasteiger partial charge is 0.481 e. The second-order valence-corrected chi connectivity index (χ2v) is 4.13. The third-order valence-electron chi connectivity index (χ3n) is 2.48. The fourth-order valence-corrected chi connectivity index (χ4v) is 1.45. The number of carboxylic acid groups (broad SMARTS) is 1. The van der Waals surface area contributed by atoms with Crippen molar-refractivity contribution in [1.82, 2.24) is 4.98 Å². The van der Waals surface area contributed by atoms with Gasteiger partial charge in [-0.1, -0.05) is 13.8 Å². The van der Waals surface area contributed by atoms with Crippen molar-refractivity contribution in [2.75, 3.05) is 5.32 Å². The highest BCUT2D eigenvalue weighted by molar-refractivity contribution is 5.68. The molecule has 90 valence electrons. The van der Waals surface area contributed by atoms with Crippen LogP contribution in [0.2, 0.25) is 0 Å². The van der Waals surface area contributed by atoms with Crippen LogP contribution >= 0.6 is 0 Å². The van der Waals surface area contributed by atoms with Gasteiger partial charge in [0, 0.05) is 12.2 Å². The summed E-state index contributed by atoms with van der Waals surface area (Å²) < 4.78 is 0. The highest BCUT2D eigenvalue weighted by Crippen LogP contribution is 2.18. The lowest BCUT2D eigenvalue weighted by atomic mass is 10.0. The number of nitrogens with zero attached hydrogens (tertiary/aromatic N) is 2. The Bertz CT molecular complexity index is 438. The maximum atomic E-state index is 10.7. The predicted octanol–water partition coefficient (Wildman–Crippen LogP) is 1.86. The molecule has 1 aromatic heterocycles. The van der Waals surface area contributed by atoms with E-state index in [1.807, 2.05) is 19.9 Å². The van der Waals surface area contributed by atoms with Crippen molar-refractivity contribution in [2.24, 2.45) is 5.92 Å². The number of carboxylic acids is 1. The normalized spacial score (nSPS) is 11.9.